The number of nitrogens with one attached hydrogen (secondary N) is 2. The first-order chi connectivity index (χ1) is 19.2. The summed E-state index contributed by atoms with van der Waals surface area (Å²) in [6.07, 6.45) is 6.01. The van der Waals surface area contributed by atoms with Crippen LogP contribution in [0.1, 0.15) is 43.1 Å². The molecule has 0 bridgehead atoms. The lowest BCUT2D eigenvalue weighted by atomic mass is 10.0. The Balaban J connectivity index is 1.47. The lowest BCUT2D eigenvalue weighted by Crippen LogP contribution is -2.13. The molecule has 1 aliphatic carbocycles. The van der Waals surface area contributed by atoms with Crippen LogP contribution in [0.2, 0.25) is 5.02 Å². The van der Waals surface area contributed by atoms with Gasteiger partial charge in [-0.2, -0.15) is 9.65 Å². The van der Waals surface area contributed by atoms with E-state index in [-0.39, 0.29) is 33.7 Å². The molecule has 0 spiro atoms. The summed E-state index contributed by atoms with van der Waals surface area (Å²) in [5.41, 5.74) is 1.76. The van der Waals surface area contributed by atoms with E-state index in [1.807, 2.05) is 6.07 Å². The molecule has 39 heavy (non-hydrogen) atoms. The highest BCUT2D eigenvalue weighted by Gasteiger charge is 2.27. The first kappa shape index (κ1) is 23.4. The van der Waals surface area contributed by atoms with Crippen LogP contribution in [0.15, 0.2) is 61.1 Å². The number of halogens is 4. The van der Waals surface area contributed by atoms with Gasteiger partial charge in [-0.05, 0) is 42.7 Å². The average molecular weight is 548 g/mol. The minimum Gasteiger partial charge on any atom is -0.373 e. The van der Waals surface area contributed by atoms with Crippen molar-refractivity contribution in [2.24, 2.45) is 0 Å². The van der Waals surface area contributed by atoms with Crippen LogP contribution in [0.3, 0.4) is 0 Å². The molecule has 0 amide bonds. The van der Waals surface area contributed by atoms with Crippen LogP contribution in [0.25, 0.3) is 10.9 Å². The summed E-state index contributed by atoms with van der Waals surface area (Å²) < 4.78 is 52.2. The smallest absolute Gasteiger partial charge is 0.249 e. The molecular weight excluding hydrogens is 529 g/mol. The van der Waals surface area contributed by atoms with E-state index in [0.29, 0.717) is 22.2 Å². The number of fused-ring (bicyclic) bond motifs is 1. The van der Waals surface area contributed by atoms with Gasteiger partial charge in [0.2, 0.25) is 5.95 Å². The SMILES string of the molecule is [2H]C(Nc1cc(Cl)c2ncc(C#N)c(Nc3cnc(F)c(F)c3)c2c1)(c1ccc(F)cc1)c1cn(C2CC2)nn1. The van der Waals surface area contributed by atoms with Crippen molar-refractivity contribution in [3.05, 3.63) is 100 Å². The first-order valence-electron chi connectivity index (χ1n) is 12.3. The zero-order valence-corrected chi connectivity index (χ0v) is 20.7. The van der Waals surface area contributed by atoms with Crippen molar-refractivity contribution in [3.63, 3.8) is 0 Å². The second-order valence-electron chi connectivity index (χ2n) is 8.96. The van der Waals surface area contributed by atoms with Gasteiger partial charge in [-0.3, -0.25) is 4.98 Å². The Kier molecular flexibility index (Phi) is 5.94. The van der Waals surface area contributed by atoms with Crippen LogP contribution in [0, 0.1) is 28.9 Å². The fraction of sp³-hybridized carbons (Fsp3) is 0.148. The van der Waals surface area contributed by atoms with Gasteiger partial charge < -0.3 is 10.6 Å². The fourth-order valence-electron chi connectivity index (χ4n) is 4.14. The van der Waals surface area contributed by atoms with E-state index in [2.05, 4.69) is 30.9 Å². The Morgan fingerprint density at radius 2 is 1.87 bits per heavy atom. The van der Waals surface area contributed by atoms with Gasteiger partial charge in [0.25, 0.3) is 0 Å². The molecule has 1 atom stereocenters. The third kappa shape index (κ3) is 4.94. The fourth-order valence-corrected chi connectivity index (χ4v) is 4.41. The van der Waals surface area contributed by atoms with E-state index in [1.165, 1.54) is 30.5 Å². The third-order valence-corrected chi connectivity index (χ3v) is 6.49. The van der Waals surface area contributed by atoms with E-state index in [1.54, 1.807) is 23.0 Å². The monoisotopic (exact) mass is 547 g/mol. The quantitative estimate of drug-likeness (QED) is 0.226. The summed E-state index contributed by atoms with van der Waals surface area (Å²) in [5, 5.41) is 24.8. The second kappa shape index (κ2) is 9.89. The normalized spacial score (nSPS) is 14.9. The zero-order chi connectivity index (χ0) is 28.0. The van der Waals surface area contributed by atoms with Crippen molar-refractivity contribution in [2.45, 2.75) is 24.9 Å². The van der Waals surface area contributed by atoms with Crippen molar-refractivity contribution in [2.75, 3.05) is 10.6 Å². The predicted molar refractivity (Wildman–Crippen MR) is 139 cm³/mol. The van der Waals surface area contributed by atoms with Crippen molar-refractivity contribution in [1.82, 2.24) is 25.0 Å². The molecule has 1 aliphatic rings. The van der Waals surface area contributed by atoms with Crippen molar-refractivity contribution in [1.29, 1.82) is 5.26 Å². The highest BCUT2D eigenvalue weighted by Crippen LogP contribution is 2.38. The van der Waals surface area contributed by atoms with Gasteiger partial charge >= 0.3 is 0 Å². The maximum Gasteiger partial charge on any atom is 0.249 e. The van der Waals surface area contributed by atoms with E-state index in [0.717, 1.165) is 25.1 Å². The van der Waals surface area contributed by atoms with Crippen molar-refractivity contribution >= 4 is 39.6 Å². The van der Waals surface area contributed by atoms with E-state index in [4.69, 9.17) is 11.6 Å². The number of rotatable bonds is 7. The molecule has 2 aromatic carbocycles. The molecule has 8 nitrogen and oxygen atoms in total. The lowest BCUT2D eigenvalue weighted by molar-refractivity contribution is 0.480. The molecule has 1 unspecified atom stereocenters. The summed E-state index contributed by atoms with van der Waals surface area (Å²) in [6.45, 7) is 0. The summed E-state index contributed by atoms with van der Waals surface area (Å²) in [5.74, 6) is -2.88. The largest absolute Gasteiger partial charge is 0.373 e. The Morgan fingerprint density at radius 3 is 2.59 bits per heavy atom. The highest BCUT2D eigenvalue weighted by molar-refractivity contribution is 6.36. The number of nitrogens with zero attached hydrogens (tertiary/aromatic N) is 6. The van der Waals surface area contributed by atoms with Crippen LogP contribution in [-0.4, -0.2) is 25.0 Å². The minimum absolute atomic E-state index is 0.0928. The number of anilines is 3. The molecular formula is C27H18ClF3N8. The molecule has 1 saturated carbocycles. The van der Waals surface area contributed by atoms with E-state index < -0.39 is 23.6 Å². The summed E-state index contributed by atoms with van der Waals surface area (Å²) in [6, 6.07) is 10.1. The summed E-state index contributed by atoms with van der Waals surface area (Å²) in [7, 11) is 0. The van der Waals surface area contributed by atoms with Gasteiger partial charge in [0.15, 0.2) is 5.82 Å². The standard InChI is InChI=1S/C27H18ClF3N8/c28-21-8-17(35-25(14-1-3-16(29)4-2-14)23-13-39(38-37-23)19-5-6-19)7-20-24(15(10-32)11-33-26(20)21)36-18-9-22(30)27(31)34-12-18/h1-4,7-9,11-13,19,25,35H,5-6H2,(H,33,36)/i25D. The van der Waals surface area contributed by atoms with Crippen LogP contribution in [-0.2, 0) is 0 Å². The number of nitriles is 1. The molecule has 12 heteroatoms. The van der Waals surface area contributed by atoms with Crippen molar-refractivity contribution in [3.8, 4) is 6.07 Å². The number of hydrogen-bond acceptors (Lipinski definition) is 7. The molecule has 1 fully saturated rings. The Labute approximate surface area is 226 Å². The molecule has 0 radical (unpaired) electrons. The maximum absolute atomic E-state index is 13.9. The Morgan fingerprint density at radius 1 is 1.08 bits per heavy atom. The van der Waals surface area contributed by atoms with Crippen molar-refractivity contribution < 1.29 is 14.5 Å². The van der Waals surface area contributed by atoms with Crippen LogP contribution in [0.4, 0.5) is 30.2 Å². The lowest BCUT2D eigenvalue weighted by Gasteiger charge is -2.20. The molecule has 0 saturated heterocycles. The van der Waals surface area contributed by atoms with Gasteiger partial charge in [0, 0.05) is 23.3 Å². The molecule has 5 aromatic rings. The van der Waals surface area contributed by atoms with Crippen LogP contribution < -0.4 is 10.6 Å². The van der Waals surface area contributed by atoms with Gasteiger partial charge in [-0.1, -0.05) is 28.9 Å². The van der Waals surface area contributed by atoms with Crippen LogP contribution >= 0.6 is 11.6 Å². The Bertz CT molecular complexity index is 1800. The van der Waals surface area contributed by atoms with E-state index in [9.17, 15) is 19.8 Å². The number of benzene rings is 2. The molecule has 3 aromatic heterocycles. The Hall–Kier alpha value is -4.69. The van der Waals surface area contributed by atoms with Gasteiger partial charge in [0.05, 0.1) is 53.3 Å². The second-order valence-corrected chi connectivity index (χ2v) is 9.36. The van der Waals surface area contributed by atoms with Crippen LogP contribution in [0.5, 0.6) is 0 Å². The highest BCUT2D eigenvalue weighted by atomic mass is 35.5. The molecule has 0 aliphatic heterocycles. The van der Waals surface area contributed by atoms with Gasteiger partial charge in [0.1, 0.15) is 17.6 Å². The first-order valence-corrected chi connectivity index (χ1v) is 12.2. The zero-order valence-electron chi connectivity index (χ0n) is 21.0. The average Bonchev–Trinajstić information content (AvgIpc) is 3.67. The summed E-state index contributed by atoms with van der Waals surface area (Å²) in [4.78, 5) is 7.67. The van der Waals surface area contributed by atoms with Gasteiger partial charge in [-0.25, -0.2) is 18.4 Å². The number of pyridine rings is 2. The minimum atomic E-state index is -1.71. The maximum atomic E-state index is 13.9. The van der Waals surface area contributed by atoms with E-state index >= 15 is 0 Å². The number of hydrogen-bond donors (Lipinski definition) is 2. The molecule has 194 valence electrons. The number of aromatic nitrogens is 5. The molecule has 3 heterocycles. The molecule has 2 N–H and O–H groups in total. The topological polar surface area (TPSA) is 104 Å². The van der Waals surface area contributed by atoms with Gasteiger partial charge in [-0.15, -0.1) is 5.10 Å². The predicted octanol–water partition coefficient (Wildman–Crippen LogP) is 6.44. The molecule has 6 rings (SSSR count). The summed E-state index contributed by atoms with van der Waals surface area (Å²) >= 11 is 6.60. The third-order valence-electron chi connectivity index (χ3n) is 6.20.